The molecule has 0 aliphatic carbocycles. The van der Waals surface area contributed by atoms with Gasteiger partial charge in [0.15, 0.2) is 11.5 Å². The number of amides is 3. The van der Waals surface area contributed by atoms with Crippen LogP contribution in [0.3, 0.4) is 0 Å². The molecule has 2 aliphatic heterocycles. The van der Waals surface area contributed by atoms with Crippen LogP contribution in [0.5, 0.6) is 17.2 Å². The number of phenolic OH excluding ortho intramolecular Hbond substituents is 3. The molecule has 3 amide bonds. The Labute approximate surface area is 298 Å². The molecule has 2 aliphatic rings. The zero-order valence-corrected chi connectivity index (χ0v) is 28.0. The normalized spacial score (nSPS) is 18.8. The fourth-order valence-corrected chi connectivity index (χ4v) is 7.93. The summed E-state index contributed by atoms with van der Waals surface area (Å²) in [5.74, 6) is -7.12. The highest BCUT2D eigenvalue weighted by Gasteiger charge is 2.67. The lowest BCUT2D eigenvalue weighted by molar-refractivity contribution is -0.192. The van der Waals surface area contributed by atoms with Crippen LogP contribution in [0, 0.1) is 0 Å². The second-order valence-electron chi connectivity index (χ2n) is 11.1. The number of aromatic hydroxyl groups is 3. The lowest BCUT2D eigenvalue weighted by Crippen LogP contribution is -2.81. The number of phenols is 3. The van der Waals surface area contributed by atoms with Crippen LogP contribution in [0.2, 0.25) is 0 Å². The van der Waals surface area contributed by atoms with Crippen molar-refractivity contribution in [2.24, 2.45) is 0 Å². The van der Waals surface area contributed by atoms with Crippen LogP contribution in [0.1, 0.15) is 22.0 Å². The summed E-state index contributed by atoms with van der Waals surface area (Å²) in [5, 5.41) is 63.1. The van der Waals surface area contributed by atoms with Crippen molar-refractivity contribution in [1.82, 2.24) is 35.7 Å². The molecule has 270 valence electrons. The van der Waals surface area contributed by atoms with Gasteiger partial charge in [-0.15, -0.1) is 16.9 Å². The van der Waals surface area contributed by atoms with E-state index in [1.807, 2.05) is 0 Å². The molecule has 3 atom stereocenters. The van der Waals surface area contributed by atoms with Crippen LogP contribution in [0.15, 0.2) is 68.3 Å². The fourth-order valence-electron chi connectivity index (χ4n) is 5.47. The Balaban J connectivity index is 1.26. The number of methoxy groups -OCH3 is 1. The number of tetrazole rings is 1. The molecular formula is C30H25N7O13S2. The molecule has 0 radical (unpaired) electrons. The molecule has 1 saturated heterocycles. The molecule has 22 heteroatoms. The summed E-state index contributed by atoms with van der Waals surface area (Å²) in [4.78, 5) is 78.9. The molecule has 4 heterocycles. The lowest BCUT2D eigenvalue weighted by atomic mass is 9.96. The van der Waals surface area contributed by atoms with Gasteiger partial charge in [-0.05, 0) is 39.8 Å². The lowest BCUT2D eigenvalue weighted by Gasteiger charge is -2.56. The smallest absolute Gasteiger partial charge is 0.352 e. The van der Waals surface area contributed by atoms with Gasteiger partial charge < -0.3 is 45.3 Å². The van der Waals surface area contributed by atoms with E-state index in [2.05, 4.69) is 26.2 Å². The number of fused-ring (bicyclic) bond motifs is 2. The number of thioether (sulfide) groups is 2. The predicted molar refractivity (Wildman–Crippen MR) is 176 cm³/mol. The van der Waals surface area contributed by atoms with Gasteiger partial charge in [0.25, 0.3) is 17.5 Å². The zero-order chi connectivity index (χ0) is 37.5. The number of carboxylic acid groups (broad SMARTS) is 2. The fraction of sp³-hybridized carbons (Fsp3) is 0.233. The summed E-state index contributed by atoms with van der Waals surface area (Å²) in [7, 11) is 1.12. The van der Waals surface area contributed by atoms with Crippen LogP contribution in [-0.4, -0.2) is 110 Å². The van der Waals surface area contributed by atoms with Crippen molar-refractivity contribution in [3.63, 3.8) is 0 Å². The monoisotopic (exact) mass is 755 g/mol. The molecule has 7 N–H and O–H groups in total. The SMILES string of the molecule is CO[C@@]1(NC(=O)C(NC(=O)c2coc3cc(O)c(O)cc3c2=O)c2ccc(O)cc2)C(=O)N2C(C(=O)O)=C(CSc3nnnn3CC(=O)O)CS[C@H]21. The summed E-state index contributed by atoms with van der Waals surface area (Å²) >= 11 is 2.02. The Bertz CT molecular complexity index is 2240. The van der Waals surface area contributed by atoms with Gasteiger partial charge in [-0.25, -0.2) is 9.48 Å². The summed E-state index contributed by atoms with van der Waals surface area (Å²) in [6, 6.07) is 5.31. The number of rotatable bonds is 12. The summed E-state index contributed by atoms with van der Waals surface area (Å²) < 4.78 is 11.9. The Morgan fingerprint density at radius 3 is 2.50 bits per heavy atom. The summed E-state index contributed by atoms with van der Waals surface area (Å²) in [6.07, 6.45) is 0.799. The number of aromatic nitrogens is 4. The number of hydrogen-bond acceptors (Lipinski definition) is 16. The van der Waals surface area contributed by atoms with E-state index in [1.165, 1.54) is 24.3 Å². The van der Waals surface area contributed by atoms with Crippen molar-refractivity contribution in [2.45, 2.75) is 28.8 Å². The minimum atomic E-state index is -2.12. The first-order chi connectivity index (χ1) is 24.7. The number of benzene rings is 2. The number of hydrogen-bond donors (Lipinski definition) is 7. The minimum Gasteiger partial charge on any atom is -0.508 e. The number of aliphatic carboxylic acids is 2. The van der Waals surface area contributed by atoms with Gasteiger partial charge in [-0.2, -0.15) is 0 Å². The van der Waals surface area contributed by atoms with E-state index in [1.54, 1.807) is 0 Å². The van der Waals surface area contributed by atoms with Gasteiger partial charge in [0.1, 0.15) is 46.8 Å². The number of nitrogens with zero attached hydrogens (tertiary/aromatic N) is 5. The molecule has 2 aromatic heterocycles. The van der Waals surface area contributed by atoms with Crippen molar-refractivity contribution in [1.29, 1.82) is 0 Å². The number of carboxylic acids is 2. The Morgan fingerprint density at radius 2 is 1.83 bits per heavy atom. The number of β-lactam (4-membered cyclic amide) rings is 1. The molecule has 1 fully saturated rings. The Morgan fingerprint density at radius 1 is 1.12 bits per heavy atom. The highest BCUT2D eigenvalue weighted by molar-refractivity contribution is 8.01. The second-order valence-corrected chi connectivity index (χ2v) is 13.2. The van der Waals surface area contributed by atoms with Crippen LogP contribution in [-0.2, 0) is 30.5 Å². The molecular weight excluding hydrogens is 731 g/mol. The Hall–Kier alpha value is -6.13. The van der Waals surface area contributed by atoms with Gasteiger partial charge >= 0.3 is 11.9 Å². The highest BCUT2D eigenvalue weighted by Crippen LogP contribution is 2.47. The maximum Gasteiger partial charge on any atom is 0.352 e. The maximum absolute atomic E-state index is 14.0. The van der Waals surface area contributed by atoms with Crippen LogP contribution < -0.4 is 16.1 Å². The van der Waals surface area contributed by atoms with Crippen molar-refractivity contribution >= 4 is 64.2 Å². The van der Waals surface area contributed by atoms with Crippen molar-refractivity contribution in [3.8, 4) is 17.2 Å². The third-order valence-corrected chi connectivity index (χ3v) is 10.4. The standard InChI is InChI=1S/C30H25N7O13S2/c1-49-30(27(48)37-22(26(46)47)13(10-51-28(30)37)11-52-29-33-34-35-36(29)8-20(41)42)32-25(45)21(12-2-4-14(38)5-3-12)31-24(44)16-9-50-19-7-18(40)17(39)6-15(19)23(16)43/h2-7,9,21,28,38-40H,8,10-11H2,1H3,(H,31,44)(H,32,45)(H,41,42)(H,46,47)/t21?,28-,30-/m0/s1. The first-order valence-electron chi connectivity index (χ1n) is 14.7. The van der Waals surface area contributed by atoms with Crippen LogP contribution in [0.25, 0.3) is 11.0 Å². The molecule has 0 spiro atoms. The molecule has 1 unspecified atom stereocenters. The highest BCUT2D eigenvalue weighted by atomic mass is 32.2. The number of carbonyl (C=O) groups excluding carboxylic acids is 3. The molecule has 2 aromatic carbocycles. The summed E-state index contributed by atoms with van der Waals surface area (Å²) in [5.41, 5.74) is -3.75. The van der Waals surface area contributed by atoms with E-state index in [0.717, 1.165) is 58.6 Å². The third kappa shape index (κ3) is 6.33. The number of nitrogens with one attached hydrogen (secondary N) is 2. The first kappa shape index (κ1) is 35.7. The minimum absolute atomic E-state index is 0.0318. The molecule has 6 rings (SSSR count). The average molecular weight is 756 g/mol. The number of ether oxygens (including phenoxy) is 1. The van der Waals surface area contributed by atoms with E-state index in [-0.39, 0.29) is 50.2 Å². The summed E-state index contributed by atoms with van der Waals surface area (Å²) in [6.45, 7) is -0.533. The van der Waals surface area contributed by atoms with Gasteiger partial charge in [0.05, 0.1) is 5.39 Å². The quantitative estimate of drug-likeness (QED) is 0.0432. The molecule has 0 saturated carbocycles. The zero-order valence-electron chi connectivity index (χ0n) is 26.4. The Kier molecular flexibility index (Phi) is 9.53. The topological polar surface area (TPSA) is 297 Å². The number of carbonyl (C=O) groups is 5. The van der Waals surface area contributed by atoms with Gasteiger partial charge in [0.2, 0.25) is 16.5 Å². The van der Waals surface area contributed by atoms with Crippen molar-refractivity contribution in [2.75, 3.05) is 18.6 Å². The van der Waals surface area contributed by atoms with E-state index < -0.39 is 75.8 Å². The largest absolute Gasteiger partial charge is 0.508 e. The average Bonchev–Trinajstić information content (AvgIpc) is 3.55. The predicted octanol–water partition coefficient (Wildman–Crippen LogP) is -0.0430. The molecule has 4 aromatic rings. The molecule has 20 nitrogen and oxygen atoms in total. The van der Waals surface area contributed by atoms with Crippen LogP contribution in [0.4, 0.5) is 0 Å². The van der Waals surface area contributed by atoms with Crippen molar-refractivity contribution < 1.29 is 58.7 Å². The van der Waals surface area contributed by atoms with Crippen LogP contribution >= 0.6 is 23.5 Å². The van der Waals surface area contributed by atoms with E-state index in [9.17, 15) is 49.2 Å². The van der Waals surface area contributed by atoms with E-state index >= 15 is 0 Å². The maximum atomic E-state index is 14.0. The first-order valence-corrected chi connectivity index (χ1v) is 16.7. The molecule has 0 bridgehead atoms. The van der Waals surface area contributed by atoms with Gasteiger partial charge in [-0.1, -0.05) is 23.9 Å². The third-order valence-electron chi connectivity index (χ3n) is 7.98. The van der Waals surface area contributed by atoms with Crippen molar-refractivity contribution in [3.05, 3.63) is 75.3 Å². The molecule has 52 heavy (non-hydrogen) atoms. The van der Waals surface area contributed by atoms with Gasteiger partial charge in [-0.3, -0.25) is 28.9 Å². The van der Waals surface area contributed by atoms with Gasteiger partial charge in [0, 0.05) is 24.7 Å². The second kappa shape index (κ2) is 13.9. The van der Waals surface area contributed by atoms with E-state index in [4.69, 9.17) is 14.3 Å². The van der Waals surface area contributed by atoms with E-state index in [0.29, 0.717) is 0 Å².